The minimum Gasteiger partial charge on any atom is -0.358 e. The van der Waals surface area contributed by atoms with Gasteiger partial charge in [0.2, 0.25) is 5.91 Å². The number of likely N-dealkylation sites (tertiary alicyclic amines) is 1. The van der Waals surface area contributed by atoms with Crippen molar-refractivity contribution in [1.29, 1.82) is 0 Å². The van der Waals surface area contributed by atoms with Crippen LogP contribution in [0.15, 0.2) is 24.3 Å². The van der Waals surface area contributed by atoms with Crippen LogP contribution in [0.2, 0.25) is 5.02 Å². The SMILES string of the molecule is O=C(C1CCC1)N1CCCC(c2cc3cc(Cl)ccc3[nH]2)C1. The first-order valence-corrected chi connectivity index (χ1v) is 8.65. The first kappa shape index (κ1) is 14.1. The summed E-state index contributed by atoms with van der Waals surface area (Å²) in [6.45, 7) is 1.79. The molecule has 1 N–H and O–H groups in total. The molecule has 1 aromatic carbocycles. The van der Waals surface area contributed by atoms with E-state index in [-0.39, 0.29) is 0 Å². The average molecular weight is 317 g/mol. The fraction of sp³-hybridized carbons (Fsp3) is 0.500. The summed E-state index contributed by atoms with van der Waals surface area (Å²) in [4.78, 5) is 18.1. The molecule has 4 rings (SSSR count). The molecular weight excluding hydrogens is 296 g/mol. The number of H-pyrrole nitrogens is 1. The Labute approximate surface area is 135 Å². The van der Waals surface area contributed by atoms with Gasteiger partial charge in [-0.2, -0.15) is 0 Å². The minimum atomic E-state index is 0.306. The number of benzene rings is 1. The summed E-state index contributed by atoms with van der Waals surface area (Å²) in [5.41, 5.74) is 2.37. The van der Waals surface area contributed by atoms with Crippen LogP contribution < -0.4 is 0 Å². The van der Waals surface area contributed by atoms with Crippen molar-refractivity contribution in [2.75, 3.05) is 13.1 Å². The van der Waals surface area contributed by atoms with E-state index in [1.165, 1.54) is 12.1 Å². The molecular formula is C18H21ClN2O. The molecule has 4 heteroatoms. The van der Waals surface area contributed by atoms with Gasteiger partial charge in [-0.15, -0.1) is 0 Å². The monoisotopic (exact) mass is 316 g/mol. The second kappa shape index (κ2) is 5.62. The molecule has 1 amide bonds. The van der Waals surface area contributed by atoms with E-state index in [9.17, 15) is 4.79 Å². The highest BCUT2D eigenvalue weighted by atomic mass is 35.5. The van der Waals surface area contributed by atoms with Gasteiger partial charge in [-0.3, -0.25) is 4.79 Å². The average Bonchev–Trinajstić information content (AvgIpc) is 2.88. The predicted octanol–water partition coefficient (Wildman–Crippen LogP) is 4.33. The molecule has 1 aromatic heterocycles. The zero-order valence-electron chi connectivity index (χ0n) is 12.6. The number of halogens is 1. The fourth-order valence-electron chi connectivity index (χ4n) is 3.69. The third-order valence-electron chi connectivity index (χ3n) is 5.23. The first-order valence-electron chi connectivity index (χ1n) is 8.27. The van der Waals surface area contributed by atoms with Gasteiger partial charge in [-0.25, -0.2) is 0 Å². The molecule has 1 saturated carbocycles. The maximum Gasteiger partial charge on any atom is 0.225 e. The lowest BCUT2D eigenvalue weighted by Crippen LogP contribution is -2.44. The highest BCUT2D eigenvalue weighted by molar-refractivity contribution is 6.31. The van der Waals surface area contributed by atoms with Gasteiger partial charge in [0.15, 0.2) is 0 Å². The number of nitrogens with one attached hydrogen (secondary N) is 1. The summed E-state index contributed by atoms with van der Waals surface area (Å²) in [5.74, 6) is 1.11. The molecule has 2 aromatic rings. The number of carbonyl (C=O) groups is 1. The number of aromatic nitrogens is 1. The summed E-state index contributed by atoms with van der Waals surface area (Å²) in [6.07, 6.45) is 5.64. The van der Waals surface area contributed by atoms with Crippen molar-refractivity contribution in [2.45, 2.75) is 38.0 Å². The van der Waals surface area contributed by atoms with E-state index in [0.29, 0.717) is 17.7 Å². The highest BCUT2D eigenvalue weighted by Crippen LogP contribution is 2.33. The van der Waals surface area contributed by atoms with Crippen LogP contribution in [0, 0.1) is 5.92 Å². The minimum absolute atomic E-state index is 0.306. The van der Waals surface area contributed by atoms with Crippen LogP contribution >= 0.6 is 11.6 Å². The number of hydrogen-bond donors (Lipinski definition) is 1. The number of fused-ring (bicyclic) bond motifs is 1. The Morgan fingerprint density at radius 1 is 1.18 bits per heavy atom. The van der Waals surface area contributed by atoms with E-state index in [1.807, 2.05) is 18.2 Å². The molecule has 1 aliphatic carbocycles. The maximum absolute atomic E-state index is 12.5. The summed E-state index contributed by atoms with van der Waals surface area (Å²) in [6, 6.07) is 8.14. The molecule has 3 nitrogen and oxygen atoms in total. The van der Waals surface area contributed by atoms with Crippen LogP contribution in [-0.4, -0.2) is 28.9 Å². The number of nitrogens with zero attached hydrogens (tertiary/aromatic N) is 1. The van der Waals surface area contributed by atoms with E-state index in [2.05, 4.69) is 16.0 Å². The van der Waals surface area contributed by atoms with Gasteiger partial charge in [0.05, 0.1) is 0 Å². The predicted molar refractivity (Wildman–Crippen MR) is 89.2 cm³/mol. The standard InChI is InChI=1S/C18H21ClN2O/c19-15-6-7-16-14(9-15)10-17(20-16)13-5-2-8-21(11-13)18(22)12-3-1-4-12/h6-7,9-10,12-13,20H,1-5,8,11H2. The van der Waals surface area contributed by atoms with Crippen LogP contribution in [-0.2, 0) is 4.79 Å². The van der Waals surface area contributed by atoms with Crippen molar-refractivity contribution in [3.8, 4) is 0 Å². The van der Waals surface area contributed by atoms with Gasteiger partial charge in [0, 0.05) is 46.5 Å². The summed E-state index contributed by atoms with van der Waals surface area (Å²) < 4.78 is 0. The number of rotatable bonds is 2. The Kier molecular flexibility index (Phi) is 3.61. The van der Waals surface area contributed by atoms with E-state index < -0.39 is 0 Å². The fourth-order valence-corrected chi connectivity index (χ4v) is 3.87. The van der Waals surface area contributed by atoms with Crippen molar-refractivity contribution in [2.24, 2.45) is 5.92 Å². The Bertz CT molecular complexity index is 704. The number of piperidine rings is 1. The van der Waals surface area contributed by atoms with Gasteiger partial charge < -0.3 is 9.88 Å². The van der Waals surface area contributed by atoms with Crippen molar-refractivity contribution in [3.05, 3.63) is 35.0 Å². The Morgan fingerprint density at radius 2 is 2.05 bits per heavy atom. The van der Waals surface area contributed by atoms with E-state index >= 15 is 0 Å². The highest BCUT2D eigenvalue weighted by Gasteiger charge is 2.32. The normalized spacial score (nSPS) is 22.8. The van der Waals surface area contributed by atoms with Crippen molar-refractivity contribution >= 4 is 28.4 Å². The molecule has 0 bridgehead atoms. The van der Waals surface area contributed by atoms with E-state index in [1.54, 1.807) is 0 Å². The lowest BCUT2D eigenvalue weighted by molar-refractivity contribution is -0.139. The zero-order valence-corrected chi connectivity index (χ0v) is 13.4. The van der Waals surface area contributed by atoms with Crippen LogP contribution in [0.3, 0.4) is 0 Å². The zero-order chi connectivity index (χ0) is 15.1. The topological polar surface area (TPSA) is 36.1 Å². The molecule has 1 saturated heterocycles. The molecule has 1 aliphatic heterocycles. The lowest BCUT2D eigenvalue weighted by atomic mass is 9.83. The summed E-state index contributed by atoms with van der Waals surface area (Å²) in [5, 5.41) is 1.92. The van der Waals surface area contributed by atoms with Crippen LogP contribution in [0.25, 0.3) is 10.9 Å². The van der Waals surface area contributed by atoms with Crippen LogP contribution in [0.1, 0.15) is 43.7 Å². The largest absolute Gasteiger partial charge is 0.358 e. The molecule has 2 heterocycles. The lowest BCUT2D eigenvalue weighted by Gasteiger charge is -2.37. The molecule has 116 valence electrons. The van der Waals surface area contributed by atoms with E-state index in [4.69, 9.17) is 11.6 Å². The number of hydrogen-bond acceptors (Lipinski definition) is 1. The molecule has 2 fully saturated rings. The van der Waals surface area contributed by atoms with Gasteiger partial charge in [0.1, 0.15) is 0 Å². The molecule has 1 atom stereocenters. The number of aromatic amines is 1. The summed E-state index contributed by atoms with van der Waals surface area (Å²) in [7, 11) is 0. The third kappa shape index (κ3) is 2.52. The molecule has 0 radical (unpaired) electrons. The Hall–Kier alpha value is -1.48. The molecule has 2 aliphatic rings. The molecule has 1 unspecified atom stereocenters. The third-order valence-corrected chi connectivity index (χ3v) is 5.47. The van der Waals surface area contributed by atoms with Crippen molar-refractivity contribution in [3.63, 3.8) is 0 Å². The Morgan fingerprint density at radius 3 is 2.82 bits per heavy atom. The van der Waals surface area contributed by atoms with Crippen molar-refractivity contribution in [1.82, 2.24) is 9.88 Å². The second-order valence-corrected chi connectivity index (χ2v) is 7.14. The number of amides is 1. The van der Waals surface area contributed by atoms with Gasteiger partial charge >= 0.3 is 0 Å². The molecule has 22 heavy (non-hydrogen) atoms. The summed E-state index contributed by atoms with van der Waals surface area (Å²) >= 11 is 6.07. The van der Waals surface area contributed by atoms with Crippen molar-refractivity contribution < 1.29 is 4.79 Å². The Balaban J connectivity index is 1.54. The van der Waals surface area contributed by atoms with Gasteiger partial charge in [-0.05, 0) is 49.9 Å². The smallest absolute Gasteiger partial charge is 0.225 e. The first-order chi connectivity index (χ1) is 10.7. The van der Waals surface area contributed by atoms with Crippen LogP contribution in [0.5, 0.6) is 0 Å². The second-order valence-electron chi connectivity index (χ2n) is 6.71. The number of carbonyl (C=O) groups excluding carboxylic acids is 1. The molecule has 0 spiro atoms. The quantitative estimate of drug-likeness (QED) is 0.879. The van der Waals surface area contributed by atoms with Crippen LogP contribution in [0.4, 0.5) is 0 Å². The van der Waals surface area contributed by atoms with Gasteiger partial charge in [0.25, 0.3) is 0 Å². The van der Waals surface area contributed by atoms with E-state index in [0.717, 1.165) is 54.7 Å². The maximum atomic E-state index is 12.5. The van der Waals surface area contributed by atoms with Gasteiger partial charge in [-0.1, -0.05) is 18.0 Å².